The number of nitro benzene ring substituents is 1. The van der Waals surface area contributed by atoms with Gasteiger partial charge in [0, 0.05) is 12.1 Å². The van der Waals surface area contributed by atoms with Gasteiger partial charge in [-0.05, 0) is 25.1 Å². The molecule has 0 atom stereocenters. The van der Waals surface area contributed by atoms with E-state index in [9.17, 15) is 14.9 Å². The molecule has 22 heavy (non-hydrogen) atoms. The van der Waals surface area contributed by atoms with Crippen molar-refractivity contribution >= 4 is 51.8 Å². The third kappa shape index (κ3) is 3.82. The number of nitrogens with zero attached hydrogens (tertiary/aromatic N) is 2. The van der Waals surface area contributed by atoms with Crippen molar-refractivity contribution in [1.82, 2.24) is 5.43 Å². The number of rotatable bonds is 4. The number of hydrogen-bond donors (Lipinski definition) is 1. The van der Waals surface area contributed by atoms with Gasteiger partial charge in [-0.25, -0.2) is 5.43 Å². The summed E-state index contributed by atoms with van der Waals surface area (Å²) in [6.07, 6.45) is 0. The second kappa shape index (κ2) is 6.87. The first-order chi connectivity index (χ1) is 10.4. The molecule has 0 aliphatic heterocycles. The molecule has 0 aliphatic carbocycles. The normalized spacial score (nSPS) is 11.3. The molecular weight excluding hydrogens is 349 g/mol. The van der Waals surface area contributed by atoms with E-state index in [2.05, 4.69) is 10.5 Å². The Labute approximate surface area is 139 Å². The number of hydrogen-bond acceptors (Lipinski definition) is 5. The topological polar surface area (TPSA) is 84.6 Å². The minimum Gasteiger partial charge on any atom is -0.267 e. The number of halogens is 2. The fraction of sp³-hybridized carbons (Fsp3) is 0.0769. The zero-order valence-electron chi connectivity index (χ0n) is 11.2. The maximum atomic E-state index is 12.0. The van der Waals surface area contributed by atoms with Gasteiger partial charge in [-0.1, -0.05) is 23.2 Å². The van der Waals surface area contributed by atoms with Crippen LogP contribution in [-0.4, -0.2) is 16.5 Å². The van der Waals surface area contributed by atoms with Gasteiger partial charge in [0.2, 0.25) is 0 Å². The summed E-state index contributed by atoms with van der Waals surface area (Å²) in [6.45, 7) is 1.71. The smallest absolute Gasteiger partial charge is 0.267 e. The molecule has 0 saturated carbocycles. The number of amides is 1. The molecule has 2 aromatic rings. The summed E-state index contributed by atoms with van der Waals surface area (Å²) in [6, 6.07) is 7.12. The first-order valence-electron chi connectivity index (χ1n) is 5.93. The van der Waals surface area contributed by atoms with Gasteiger partial charge in [-0.2, -0.15) is 5.10 Å². The molecule has 0 spiro atoms. The Hall–Kier alpha value is -1.96. The average molecular weight is 358 g/mol. The number of nitrogens with one attached hydrogen (secondary N) is 1. The van der Waals surface area contributed by atoms with Crippen molar-refractivity contribution in [2.45, 2.75) is 6.92 Å². The molecule has 114 valence electrons. The third-order valence-electron chi connectivity index (χ3n) is 2.66. The highest BCUT2D eigenvalue weighted by atomic mass is 35.5. The number of thiophene rings is 1. The lowest BCUT2D eigenvalue weighted by Crippen LogP contribution is -2.19. The van der Waals surface area contributed by atoms with Crippen LogP contribution in [0.25, 0.3) is 0 Å². The van der Waals surface area contributed by atoms with E-state index < -0.39 is 10.8 Å². The lowest BCUT2D eigenvalue weighted by Gasteiger charge is -2.03. The standard InChI is InChI=1S/C13H9Cl2N3O3S/c1-7(11-4-5-12(15)22-11)16-17-13(19)9-6-8(18(20)21)2-3-10(9)14/h2-6H,1H3,(H,17,19)/b16-7-. The summed E-state index contributed by atoms with van der Waals surface area (Å²) >= 11 is 13.0. The molecule has 0 unspecified atom stereocenters. The van der Waals surface area contributed by atoms with Crippen LogP contribution in [0.3, 0.4) is 0 Å². The van der Waals surface area contributed by atoms with Crippen molar-refractivity contribution in [1.29, 1.82) is 0 Å². The Bertz CT molecular complexity index is 774. The average Bonchev–Trinajstić information content (AvgIpc) is 2.91. The first kappa shape index (κ1) is 16.4. The van der Waals surface area contributed by atoms with Crippen molar-refractivity contribution in [3.63, 3.8) is 0 Å². The van der Waals surface area contributed by atoms with Crippen LogP contribution >= 0.6 is 34.5 Å². The maximum Gasteiger partial charge on any atom is 0.273 e. The van der Waals surface area contributed by atoms with Gasteiger partial charge in [-0.3, -0.25) is 14.9 Å². The number of hydrazone groups is 1. The molecular formula is C13H9Cl2N3O3S. The van der Waals surface area contributed by atoms with Crippen molar-refractivity contribution in [3.8, 4) is 0 Å². The summed E-state index contributed by atoms with van der Waals surface area (Å²) < 4.78 is 0.609. The summed E-state index contributed by atoms with van der Waals surface area (Å²) in [7, 11) is 0. The zero-order valence-corrected chi connectivity index (χ0v) is 13.5. The van der Waals surface area contributed by atoms with Crippen molar-refractivity contribution in [3.05, 3.63) is 60.2 Å². The molecule has 1 N–H and O–H groups in total. The third-order valence-corrected chi connectivity index (χ3v) is 4.33. The fourth-order valence-electron chi connectivity index (χ4n) is 1.56. The number of carbonyl (C=O) groups is 1. The van der Waals surface area contributed by atoms with Crippen LogP contribution in [0, 0.1) is 10.1 Å². The molecule has 0 bridgehead atoms. The Kier molecular flexibility index (Phi) is 5.12. The second-order valence-corrected chi connectivity index (χ2v) is 6.29. The monoisotopic (exact) mass is 357 g/mol. The van der Waals surface area contributed by atoms with E-state index in [1.165, 1.54) is 23.5 Å². The second-order valence-electron chi connectivity index (χ2n) is 4.16. The molecule has 9 heteroatoms. The number of carbonyl (C=O) groups excluding carboxylic acids is 1. The van der Waals surface area contributed by atoms with Gasteiger partial charge < -0.3 is 0 Å². The maximum absolute atomic E-state index is 12.0. The molecule has 0 radical (unpaired) electrons. The minimum atomic E-state index is -0.629. The summed E-state index contributed by atoms with van der Waals surface area (Å²) in [5.74, 6) is -0.629. The van der Waals surface area contributed by atoms with Crippen molar-refractivity contribution < 1.29 is 9.72 Å². The highest BCUT2D eigenvalue weighted by Crippen LogP contribution is 2.23. The lowest BCUT2D eigenvalue weighted by atomic mass is 10.2. The van der Waals surface area contributed by atoms with Crippen molar-refractivity contribution in [2.24, 2.45) is 5.10 Å². The first-order valence-corrected chi connectivity index (χ1v) is 7.50. The number of non-ortho nitro benzene ring substituents is 1. The van der Waals surface area contributed by atoms with Gasteiger partial charge in [0.1, 0.15) is 0 Å². The van der Waals surface area contributed by atoms with E-state index in [0.717, 1.165) is 10.9 Å². The van der Waals surface area contributed by atoms with Crippen LogP contribution in [0.2, 0.25) is 9.36 Å². The van der Waals surface area contributed by atoms with E-state index in [-0.39, 0.29) is 16.3 Å². The van der Waals surface area contributed by atoms with Crippen LogP contribution in [-0.2, 0) is 0 Å². The van der Waals surface area contributed by atoms with E-state index in [0.29, 0.717) is 10.0 Å². The highest BCUT2D eigenvalue weighted by Gasteiger charge is 2.15. The summed E-state index contributed by atoms with van der Waals surface area (Å²) in [5, 5.41) is 14.8. The van der Waals surface area contributed by atoms with E-state index >= 15 is 0 Å². The Morgan fingerprint density at radius 3 is 2.64 bits per heavy atom. The van der Waals surface area contributed by atoms with Crippen LogP contribution in [0.1, 0.15) is 22.2 Å². The zero-order chi connectivity index (χ0) is 16.3. The van der Waals surface area contributed by atoms with Crippen molar-refractivity contribution in [2.75, 3.05) is 0 Å². The fourth-order valence-corrected chi connectivity index (χ4v) is 2.75. The number of benzene rings is 1. The van der Waals surface area contributed by atoms with E-state index in [4.69, 9.17) is 23.2 Å². The molecule has 1 amide bonds. The minimum absolute atomic E-state index is 0.0170. The number of nitro groups is 1. The van der Waals surface area contributed by atoms with Gasteiger partial charge >= 0.3 is 0 Å². The van der Waals surface area contributed by atoms with Crippen LogP contribution < -0.4 is 5.43 Å². The molecule has 0 fully saturated rings. The van der Waals surface area contributed by atoms with Crippen LogP contribution in [0.4, 0.5) is 5.69 Å². The Balaban J connectivity index is 2.19. The van der Waals surface area contributed by atoms with Crippen LogP contribution in [0.5, 0.6) is 0 Å². The molecule has 0 aliphatic rings. The molecule has 6 nitrogen and oxygen atoms in total. The molecule has 0 saturated heterocycles. The predicted octanol–water partition coefficient (Wildman–Crippen LogP) is 4.12. The Morgan fingerprint density at radius 2 is 2.05 bits per heavy atom. The quantitative estimate of drug-likeness (QED) is 0.507. The lowest BCUT2D eigenvalue weighted by molar-refractivity contribution is -0.384. The summed E-state index contributed by atoms with van der Waals surface area (Å²) in [5.41, 5.74) is 2.64. The van der Waals surface area contributed by atoms with Gasteiger partial charge in [0.15, 0.2) is 0 Å². The summed E-state index contributed by atoms with van der Waals surface area (Å²) in [4.78, 5) is 23.0. The predicted molar refractivity (Wildman–Crippen MR) is 87.1 cm³/mol. The van der Waals surface area contributed by atoms with Gasteiger partial charge in [-0.15, -0.1) is 11.3 Å². The SMILES string of the molecule is C/C(=N/NC(=O)c1cc([N+](=O)[O-])ccc1Cl)c1ccc(Cl)s1. The van der Waals surface area contributed by atoms with Crippen LogP contribution in [0.15, 0.2) is 35.4 Å². The largest absolute Gasteiger partial charge is 0.273 e. The highest BCUT2D eigenvalue weighted by molar-refractivity contribution is 7.18. The van der Waals surface area contributed by atoms with Gasteiger partial charge in [0.25, 0.3) is 11.6 Å². The van der Waals surface area contributed by atoms with Gasteiger partial charge in [0.05, 0.1) is 30.4 Å². The Morgan fingerprint density at radius 1 is 1.32 bits per heavy atom. The molecule has 1 aromatic heterocycles. The van der Waals surface area contributed by atoms with E-state index in [1.54, 1.807) is 19.1 Å². The molecule has 1 aromatic carbocycles. The molecule has 1 heterocycles. The van der Waals surface area contributed by atoms with E-state index in [1.807, 2.05) is 0 Å². The molecule has 2 rings (SSSR count).